The second-order valence-electron chi connectivity index (χ2n) is 5.00. The van der Waals surface area contributed by atoms with E-state index in [-0.39, 0.29) is 11.6 Å². The number of aromatic amines is 1. The lowest BCUT2D eigenvalue weighted by atomic mass is 10.1. The summed E-state index contributed by atoms with van der Waals surface area (Å²) in [6.07, 6.45) is 3.62. The third-order valence-corrected chi connectivity index (χ3v) is 3.24. The fourth-order valence-electron chi connectivity index (χ4n) is 2.31. The monoisotopic (exact) mass is 291 g/mol. The van der Waals surface area contributed by atoms with Gasteiger partial charge in [0.1, 0.15) is 5.82 Å². The Morgan fingerprint density at radius 3 is 2.90 bits per heavy atom. The summed E-state index contributed by atoms with van der Waals surface area (Å²) in [6.45, 7) is 6.85. The average Bonchev–Trinajstić information content (AvgIpc) is 2.82. The zero-order chi connectivity index (χ0) is 15.4. The molecule has 0 aliphatic heterocycles. The van der Waals surface area contributed by atoms with Crippen molar-refractivity contribution >= 4 is 5.69 Å². The third kappa shape index (κ3) is 3.69. The van der Waals surface area contributed by atoms with E-state index in [0.717, 1.165) is 11.4 Å². The molecular weight excluding hydrogens is 270 g/mol. The quantitative estimate of drug-likeness (QED) is 0.840. The summed E-state index contributed by atoms with van der Waals surface area (Å²) in [5.41, 5.74) is 2.14. The summed E-state index contributed by atoms with van der Waals surface area (Å²) in [5.74, 6) is 0.626. The first kappa shape index (κ1) is 15.2. The molecule has 0 saturated carbocycles. The van der Waals surface area contributed by atoms with Crippen molar-refractivity contribution in [3.63, 3.8) is 0 Å². The lowest BCUT2D eigenvalue weighted by Crippen LogP contribution is -2.23. The van der Waals surface area contributed by atoms with E-state index in [9.17, 15) is 4.79 Å². The molecule has 2 rings (SSSR count). The standard InChI is InChI=1S/C14H21N5O2/c1-9-13(14(20)18-11(3)16-9)10(2)17-12-7-15-19(8-12)5-6-21-4/h7-8,10,17H,5-6H2,1-4H3,(H,16,18,20). The second-order valence-corrected chi connectivity index (χ2v) is 5.00. The minimum Gasteiger partial charge on any atom is -0.383 e. The highest BCUT2D eigenvalue weighted by Gasteiger charge is 2.15. The summed E-state index contributed by atoms with van der Waals surface area (Å²) in [7, 11) is 1.66. The van der Waals surface area contributed by atoms with E-state index in [4.69, 9.17) is 4.74 Å². The molecule has 114 valence electrons. The van der Waals surface area contributed by atoms with Crippen LogP contribution in [0.4, 0.5) is 5.69 Å². The van der Waals surface area contributed by atoms with Crippen molar-refractivity contribution < 1.29 is 4.74 Å². The SMILES string of the molecule is COCCn1cc(NC(C)c2c(C)nc(C)[nH]c2=O)cn1. The molecule has 0 saturated heterocycles. The molecule has 0 amide bonds. The van der Waals surface area contributed by atoms with Crippen LogP contribution in [0.15, 0.2) is 17.2 Å². The lowest BCUT2D eigenvalue weighted by Gasteiger charge is -2.15. The van der Waals surface area contributed by atoms with Gasteiger partial charge in [-0.05, 0) is 20.8 Å². The molecule has 7 nitrogen and oxygen atoms in total. The smallest absolute Gasteiger partial charge is 0.256 e. The first-order valence-electron chi connectivity index (χ1n) is 6.86. The molecule has 2 aromatic heterocycles. The zero-order valence-electron chi connectivity index (χ0n) is 12.8. The van der Waals surface area contributed by atoms with Crippen LogP contribution in [-0.4, -0.2) is 33.5 Å². The van der Waals surface area contributed by atoms with Crippen LogP contribution in [0, 0.1) is 13.8 Å². The molecule has 7 heteroatoms. The first-order chi connectivity index (χ1) is 10.0. The van der Waals surface area contributed by atoms with Crippen LogP contribution in [0.3, 0.4) is 0 Å². The average molecular weight is 291 g/mol. The van der Waals surface area contributed by atoms with Gasteiger partial charge in [0.05, 0.1) is 42.3 Å². The van der Waals surface area contributed by atoms with Gasteiger partial charge < -0.3 is 15.0 Å². The van der Waals surface area contributed by atoms with Crippen molar-refractivity contribution in [2.24, 2.45) is 0 Å². The Bertz CT molecular complexity index is 662. The third-order valence-electron chi connectivity index (χ3n) is 3.24. The number of methoxy groups -OCH3 is 1. The maximum absolute atomic E-state index is 12.1. The highest BCUT2D eigenvalue weighted by atomic mass is 16.5. The van der Waals surface area contributed by atoms with Gasteiger partial charge in [-0.15, -0.1) is 0 Å². The van der Waals surface area contributed by atoms with Gasteiger partial charge in [0, 0.05) is 13.3 Å². The van der Waals surface area contributed by atoms with Crippen LogP contribution < -0.4 is 10.9 Å². The van der Waals surface area contributed by atoms with Crippen molar-refractivity contribution in [1.82, 2.24) is 19.7 Å². The predicted molar refractivity (Wildman–Crippen MR) is 80.5 cm³/mol. The van der Waals surface area contributed by atoms with E-state index < -0.39 is 0 Å². The van der Waals surface area contributed by atoms with E-state index in [1.807, 2.05) is 20.0 Å². The van der Waals surface area contributed by atoms with Gasteiger partial charge in [-0.3, -0.25) is 9.48 Å². The Kier molecular flexibility index (Phi) is 4.74. The zero-order valence-corrected chi connectivity index (χ0v) is 12.8. The van der Waals surface area contributed by atoms with Crippen molar-refractivity contribution in [1.29, 1.82) is 0 Å². The minimum atomic E-state index is -0.151. The Labute approximate surface area is 123 Å². The molecule has 21 heavy (non-hydrogen) atoms. The first-order valence-corrected chi connectivity index (χ1v) is 6.86. The topological polar surface area (TPSA) is 84.8 Å². The van der Waals surface area contributed by atoms with Crippen molar-refractivity contribution in [2.45, 2.75) is 33.4 Å². The number of aromatic nitrogens is 4. The van der Waals surface area contributed by atoms with Crippen LogP contribution in [0.2, 0.25) is 0 Å². The maximum atomic E-state index is 12.1. The van der Waals surface area contributed by atoms with Crippen LogP contribution in [0.25, 0.3) is 0 Å². The molecule has 2 heterocycles. The van der Waals surface area contributed by atoms with E-state index in [1.54, 1.807) is 24.9 Å². The van der Waals surface area contributed by atoms with Crippen LogP contribution in [0.5, 0.6) is 0 Å². The molecule has 0 fully saturated rings. The number of nitrogens with one attached hydrogen (secondary N) is 2. The second kappa shape index (κ2) is 6.53. The molecule has 1 unspecified atom stereocenters. The summed E-state index contributed by atoms with van der Waals surface area (Å²) >= 11 is 0. The number of aryl methyl sites for hydroxylation is 2. The highest BCUT2D eigenvalue weighted by Crippen LogP contribution is 2.17. The molecule has 0 aliphatic rings. The van der Waals surface area contributed by atoms with Gasteiger partial charge in [-0.2, -0.15) is 5.10 Å². The van der Waals surface area contributed by atoms with Crippen LogP contribution >= 0.6 is 0 Å². The summed E-state index contributed by atoms with van der Waals surface area (Å²) in [5, 5.41) is 7.50. The number of hydrogen-bond donors (Lipinski definition) is 2. The molecule has 0 aliphatic carbocycles. The van der Waals surface area contributed by atoms with Gasteiger partial charge in [-0.25, -0.2) is 4.98 Å². The van der Waals surface area contributed by atoms with Crippen molar-refractivity contribution in [3.8, 4) is 0 Å². The summed E-state index contributed by atoms with van der Waals surface area (Å²) < 4.78 is 6.81. The van der Waals surface area contributed by atoms with Crippen LogP contribution in [0.1, 0.15) is 30.0 Å². The van der Waals surface area contributed by atoms with Gasteiger partial charge in [0.2, 0.25) is 0 Å². The number of H-pyrrole nitrogens is 1. The molecule has 0 radical (unpaired) electrons. The fourth-order valence-corrected chi connectivity index (χ4v) is 2.31. The Balaban J connectivity index is 2.13. The molecule has 2 aromatic rings. The normalized spacial score (nSPS) is 12.4. The molecular formula is C14H21N5O2. The van der Waals surface area contributed by atoms with Gasteiger partial charge in [-0.1, -0.05) is 0 Å². The molecule has 0 bridgehead atoms. The van der Waals surface area contributed by atoms with Crippen LogP contribution in [-0.2, 0) is 11.3 Å². The van der Waals surface area contributed by atoms with E-state index >= 15 is 0 Å². The number of nitrogens with zero attached hydrogens (tertiary/aromatic N) is 3. The number of anilines is 1. The van der Waals surface area contributed by atoms with E-state index in [2.05, 4.69) is 20.4 Å². The summed E-state index contributed by atoms with van der Waals surface area (Å²) in [4.78, 5) is 19.1. The largest absolute Gasteiger partial charge is 0.383 e. The molecule has 1 atom stereocenters. The highest BCUT2D eigenvalue weighted by molar-refractivity contribution is 5.41. The fraction of sp³-hybridized carbons (Fsp3) is 0.500. The number of ether oxygens (including phenoxy) is 1. The number of hydrogen-bond acceptors (Lipinski definition) is 5. The van der Waals surface area contributed by atoms with Gasteiger partial charge in [0.25, 0.3) is 5.56 Å². The van der Waals surface area contributed by atoms with Gasteiger partial charge in [0.15, 0.2) is 0 Å². The number of rotatable bonds is 6. The Morgan fingerprint density at radius 2 is 2.24 bits per heavy atom. The Hall–Kier alpha value is -2.15. The van der Waals surface area contributed by atoms with Crippen molar-refractivity contribution in [2.75, 3.05) is 19.0 Å². The maximum Gasteiger partial charge on any atom is 0.256 e. The Morgan fingerprint density at radius 1 is 1.48 bits per heavy atom. The van der Waals surface area contributed by atoms with Crippen molar-refractivity contribution in [3.05, 3.63) is 39.8 Å². The van der Waals surface area contributed by atoms with Gasteiger partial charge >= 0.3 is 0 Å². The molecule has 2 N–H and O–H groups in total. The molecule has 0 spiro atoms. The van der Waals surface area contributed by atoms with E-state index in [0.29, 0.717) is 24.5 Å². The summed E-state index contributed by atoms with van der Waals surface area (Å²) in [6, 6.07) is -0.151. The lowest BCUT2D eigenvalue weighted by molar-refractivity contribution is 0.183. The predicted octanol–water partition coefficient (Wildman–Crippen LogP) is 1.40. The minimum absolute atomic E-state index is 0.105. The van der Waals surface area contributed by atoms with E-state index in [1.165, 1.54) is 0 Å². The molecule has 0 aromatic carbocycles.